The van der Waals surface area contributed by atoms with Gasteiger partial charge in [-0.2, -0.15) is 0 Å². The molecule has 31 heavy (non-hydrogen) atoms. The second-order valence-electron chi connectivity index (χ2n) is 10.3. The molecular weight excluding hydrogens is 414 g/mol. The van der Waals surface area contributed by atoms with E-state index in [9.17, 15) is 14.7 Å². The molecular formula is C24H36ClN3O3. The molecule has 4 rings (SSSR count). The highest BCUT2D eigenvalue weighted by atomic mass is 35.5. The number of nitrogens with zero attached hydrogens (tertiary/aromatic N) is 3. The number of amides is 1. The van der Waals surface area contributed by atoms with Crippen molar-refractivity contribution >= 4 is 17.5 Å². The number of carbonyl (C=O) groups is 1. The van der Waals surface area contributed by atoms with Gasteiger partial charge in [0.2, 0.25) is 5.91 Å². The largest absolute Gasteiger partial charge is 0.387 e. The molecule has 6 nitrogen and oxygen atoms in total. The van der Waals surface area contributed by atoms with Crippen LogP contribution in [0.1, 0.15) is 77.6 Å². The third-order valence-electron chi connectivity index (χ3n) is 8.26. The number of aliphatic hydroxyl groups is 1. The fraction of sp³-hybridized carbons (Fsp3) is 0.792. The molecule has 1 amide bonds. The SMILES string of the molecule is CC(CC1CCCCC1)C(=O)N1CCC(O)(Cn2cc(Cl)ncc2=O)C2(CCCC2)C1. The van der Waals surface area contributed by atoms with Crippen molar-refractivity contribution in [1.29, 1.82) is 0 Å². The molecule has 2 aliphatic carbocycles. The van der Waals surface area contributed by atoms with Crippen molar-refractivity contribution in [2.45, 2.75) is 89.7 Å². The van der Waals surface area contributed by atoms with Crippen LogP contribution in [-0.2, 0) is 11.3 Å². The van der Waals surface area contributed by atoms with Crippen LogP contribution in [0.25, 0.3) is 0 Å². The summed E-state index contributed by atoms with van der Waals surface area (Å²) in [5.41, 5.74) is -1.65. The Balaban J connectivity index is 1.49. The van der Waals surface area contributed by atoms with Gasteiger partial charge < -0.3 is 14.6 Å². The van der Waals surface area contributed by atoms with Gasteiger partial charge in [0.1, 0.15) is 5.15 Å². The van der Waals surface area contributed by atoms with Crippen LogP contribution >= 0.6 is 11.6 Å². The number of halogens is 1. The number of aromatic nitrogens is 2. The third-order valence-corrected chi connectivity index (χ3v) is 8.45. The minimum Gasteiger partial charge on any atom is -0.387 e. The van der Waals surface area contributed by atoms with Crippen LogP contribution in [-0.4, -0.2) is 44.2 Å². The molecule has 1 aromatic heterocycles. The maximum absolute atomic E-state index is 13.3. The van der Waals surface area contributed by atoms with E-state index in [0.29, 0.717) is 25.4 Å². The molecule has 0 aromatic carbocycles. The summed E-state index contributed by atoms with van der Waals surface area (Å²) in [6, 6.07) is 0. The van der Waals surface area contributed by atoms with E-state index in [2.05, 4.69) is 11.9 Å². The Kier molecular flexibility index (Phi) is 6.78. The van der Waals surface area contributed by atoms with Gasteiger partial charge in [0.15, 0.2) is 0 Å². The van der Waals surface area contributed by atoms with Gasteiger partial charge >= 0.3 is 0 Å². The molecule has 3 fully saturated rings. The van der Waals surface area contributed by atoms with Crippen LogP contribution in [0, 0.1) is 17.3 Å². The highest BCUT2D eigenvalue weighted by Crippen LogP contribution is 2.51. The van der Waals surface area contributed by atoms with Gasteiger partial charge in [0.25, 0.3) is 5.56 Å². The number of hydrogen-bond acceptors (Lipinski definition) is 4. The predicted octanol–water partition coefficient (Wildman–Crippen LogP) is 4.03. The Morgan fingerprint density at radius 3 is 2.65 bits per heavy atom. The molecule has 3 aliphatic rings. The Bertz CT molecular complexity index is 845. The maximum Gasteiger partial charge on any atom is 0.269 e. The van der Waals surface area contributed by atoms with Crippen LogP contribution in [0.3, 0.4) is 0 Å². The third kappa shape index (κ3) is 4.70. The molecule has 2 unspecified atom stereocenters. The lowest BCUT2D eigenvalue weighted by Crippen LogP contribution is -2.62. The topological polar surface area (TPSA) is 75.4 Å². The Morgan fingerprint density at radius 1 is 1.23 bits per heavy atom. The van der Waals surface area contributed by atoms with E-state index in [1.807, 2.05) is 4.90 Å². The smallest absolute Gasteiger partial charge is 0.269 e. The average molecular weight is 450 g/mol. The van der Waals surface area contributed by atoms with E-state index in [0.717, 1.165) is 32.1 Å². The van der Waals surface area contributed by atoms with E-state index >= 15 is 0 Å². The summed E-state index contributed by atoms with van der Waals surface area (Å²) >= 11 is 6.01. The van der Waals surface area contributed by atoms with Crippen molar-refractivity contribution in [2.75, 3.05) is 13.1 Å². The Labute approximate surface area is 190 Å². The van der Waals surface area contributed by atoms with E-state index in [-0.39, 0.29) is 34.5 Å². The van der Waals surface area contributed by atoms with Gasteiger partial charge in [-0.3, -0.25) is 9.59 Å². The molecule has 2 saturated carbocycles. The zero-order valence-electron chi connectivity index (χ0n) is 18.7. The fourth-order valence-electron chi connectivity index (χ4n) is 6.44. The molecule has 7 heteroatoms. The fourth-order valence-corrected chi connectivity index (χ4v) is 6.61. The molecule has 1 aliphatic heterocycles. The lowest BCUT2D eigenvalue weighted by Gasteiger charge is -2.52. The lowest BCUT2D eigenvalue weighted by molar-refractivity contribution is -0.163. The lowest BCUT2D eigenvalue weighted by atomic mass is 9.65. The first-order valence-corrected chi connectivity index (χ1v) is 12.4. The summed E-state index contributed by atoms with van der Waals surface area (Å²) in [5, 5.41) is 12.1. The van der Waals surface area contributed by atoms with Crippen LogP contribution in [0.5, 0.6) is 0 Å². The van der Waals surface area contributed by atoms with Crippen molar-refractivity contribution < 1.29 is 9.90 Å². The van der Waals surface area contributed by atoms with E-state index < -0.39 is 5.60 Å². The van der Waals surface area contributed by atoms with Crippen molar-refractivity contribution in [2.24, 2.45) is 17.3 Å². The second kappa shape index (κ2) is 9.22. The molecule has 1 aromatic rings. The Hall–Kier alpha value is -1.40. The summed E-state index contributed by atoms with van der Waals surface area (Å²) < 4.78 is 1.48. The van der Waals surface area contributed by atoms with Crippen LogP contribution in [0.2, 0.25) is 5.15 Å². The summed E-state index contributed by atoms with van der Waals surface area (Å²) in [6.45, 7) is 3.41. The van der Waals surface area contributed by atoms with Gasteiger partial charge in [-0.05, 0) is 31.6 Å². The van der Waals surface area contributed by atoms with Gasteiger partial charge in [0, 0.05) is 30.6 Å². The second-order valence-corrected chi connectivity index (χ2v) is 10.7. The average Bonchev–Trinajstić information content (AvgIpc) is 3.23. The normalized spacial score (nSPS) is 27.5. The van der Waals surface area contributed by atoms with Gasteiger partial charge in [-0.25, -0.2) is 4.98 Å². The van der Waals surface area contributed by atoms with Crippen LogP contribution in [0.4, 0.5) is 0 Å². The molecule has 1 N–H and O–H groups in total. The molecule has 0 bridgehead atoms. The zero-order chi connectivity index (χ0) is 22.1. The molecule has 1 saturated heterocycles. The Morgan fingerprint density at radius 2 is 1.94 bits per heavy atom. The molecule has 0 radical (unpaired) electrons. The quantitative estimate of drug-likeness (QED) is 0.736. The van der Waals surface area contributed by atoms with Gasteiger partial charge in [0.05, 0.1) is 18.3 Å². The first kappa shape index (κ1) is 22.8. The van der Waals surface area contributed by atoms with E-state index in [1.165, 1.54) is 49.1 Å². The highest BCUT2D eigenvalue weighted by molar-refractivity contribution is 6.29. The molecule has 2 atom stereocenters. The number of likely N-dealkylation sites (tertiary alicyclic amines) is 1. The number of hydrogen-bond donors (Lipinski definition) is 1. The number of rotatable bonds is 5. The minimum absolute atomic E-state index is 0.0365. The zero-order valence-corrected chi connectivity index (χ0v) is 19.4. The van der Waals surface area contributed by atoms with Crippen molar-refractivity contribution in [3.8, 4) is 0 Å². The number of carbonyl (C=O) groups excluding carboxylic acids is 1. The summed E-state index contributed by atoms with van der Waals surface area (Å²) in [7, 11) is 0. The summed E-state index contributed by atoms with van der Waals surface area (Å²) in [5.74, 6) is 0.954. The standard InChI is InChI=1S/C24H36ClN3O3/c1-18(13-19-7-3-2-4-8-19)22(30)27-12-11-24(31,23(16-27)9-5-6-10-23)17-28-15-20(25)26-14-21(28)29/h14-15,18-19,31H,2-13,16-17H2,1H3. The van der Waals surface area contributed by atoms with E-state index in [4.69, 9.17) is 11.6 Å². The van der Waals surface area contributed by atoms with Gasteiger partial charge in [-0.15, -0.1) is 0 Å². The van der Waals surface area contributed by atoms with E-state index in [1.54, 1.807) is 0 Å². The molecule has 1 spiro atoms. The summed E-state index contributed by atoms with van der Waals surface area (Å²) in [4.78, 5) is 31.5. The first-order chi connectivity index (χ1) is 14.8. The van der Waals surface area contributed by atoms with Gasteiger partial charge in [-0.1, -0.05) is 63.5 Å². The number of piperidine rings is 1. The van der Waals surface area contributed by atoms with Crippen LogP contribution < -0.4 is 5.56 Å². The predicted molar refractivity (Wildman–Crippen MR) is 121 cm³/mol. The minimum atomic E-state index is -1.03. The maximum atomic E-state index is 13.3. The van der Waals surface area contributed by atoms with Crippen molar-refractivity contribution in [1.82, 2.24) is 14.5 Å². The molecule has 2 heterocycles. The molecule has 172 valence electrons. The highest BCUT2D eigenvalue weighted by Gasteiger charge is 2.55. The first-order valence-electron chi connectivity index (χ1n) is 12.1. The van der Waals surface area contributed by atoms with Crippen molar-refractivity contribution in [3.05, 3.63) is 27.9 Å². The summed E-state index contributed by atoms with van der Waals surface area (Å²) in [6.07, 6.45) is 14.5. The van der Waals surface area contributed by atoms with Crippen molar-refractivity contribution in [3.63, 3.8) is 0 Å². The monoisotopic (exact) mass is 449 g/mol. The van der Waals surface area contributed by atoms with Crippen LogP contribution in [0.15, 0.2) is 17.2 Å².